The molecule has 4 atom stereocenters. The van der Waals surface area contributed by atoms with Crippen LogP contribution in [0.2, 0.25) is 0 Å². The molecule has 0 spiro atoms. The van der Waals surface area contributed by atoms with Crippen molar-refractivity contribution < 1.29 is 4.74 Å². The number of ether oxygens (including phenoxy) is 1. The second kappa shape index (κ2) is 26.8. The molecule has 1 heteroatoms. The summed E-state index contributed by atoms with van der Waals surface area (Å²) < 4.78 is 5.43. The lowest BCUT2D eigenvalue weighted by Crippen LogP contribution is -2.16. The first-order chi connectivity index (χ1) is 24.8. The summed E-state index contributed by atoms with van der Waals surface area (Å²) in [7, 11) is 0. The van der Waals surface area contributed by atoms with Crippen LogP contribution >= 0.6 is 0 Å². The summed E-state index contributed by atoms with van der Waals surface area (Å²) in [5.41, 5.74) is 0.750. The van der Waals surface area contributed by atoms with Gasteiger partial charge in [-0.25, -0.2) is 0 Å². The molecular formula is C52H104O. The van der Waals surface area contributed by atoms with E-state index in [1.807, 2.05) is 0 Å². The fraction of sp³-hybridized carbons (Fsp3) is 1.00. The molecule has 0 radical (unpaired) electrons. The molecule has 7 aliphatic rings. The summed E-state index contributed by atoms with van der Waals surface area (Å²) in [6.07, 6.45) is 27.2. The second-order valence-electron chi connectivity index (χ2n) is 22.0. The molecule has 0 aromatic heterocycles. The highest BCUT2D eigenvalue weighted by atomic mass is 16.5. The highest BCUT2D eigenvalue weighted by molar-refractivity contribution is 4.91. The smallest absolute Gasteiger partial charge is 0.0610 e. The molecule has 7 rings (SSSR count). The van der Waals surface area contributed by atoms with Crippen LogP contribution < -0.4 is 0 Å². The van der Waals surface area contributed by atoms with Gasteiger partial charge in [0.05, 0.1) is 6.10 Å². The topological polar surface area (TPSA) is 9.23 Å². The van der Waals surface area contributed by atoms with Crippen molar-refractivity contribution in [2.45, 2.75) is 239 Å². The lowest BCUT2D eigenvalue weighted by Gasteiger charge is -2.28. The zero-order chi connectivity index (χ0) is 40.3. The predicted molar refractivity (Wildman–Crippen MR) is 241 cm³/mol. The minimum Gasteiger partial charge on any atom is -0.378 e. The van der Waals surface area contributed by atoms with Gasteiger partial charge in [-0.3, -0.25) is 0 Å². The molecule has 0 aliphatic heterocycles. The summed E-state index contributed by atoms with van der Waals surface area (Å²) in [6.45, 7) is 40.1. The first-order valence-electron chi connectivity index (χ1n) is 24.5. The van der Waals surface area contributed by atoms with E-state index in [4.69, 9.17) is 4.74 Å². The van der Waals surface area contributed by atoms with E-state index in [1.165, 1.54) is 116 Å². The van der Waals surface area contributed by atoms with Crippen molar-refractivity contribution in [1.82, 2.24) is 0 Å². The average molecular weight is 745 g/mol. The monoisotopic (exact) mass is 745 g/mol. The van der Waals surface area contributed by atoms with Gasteiger partial charge in [0.1, 0.15) is 0 Å². The highest BCUT2D eigenvalue weighted by Gasteiger charge is 2.40. The van der Waals surface area contributed by atoms with E-state index in [-0.39, 0.29) is 0 Å². The summed E-state index contributed by atoms with van der Waals surface area (Å²) in [6, 6.07) is 0. The van der Waals surface area contributed by atoms with E-state index >= 15 is 0 Å². The highest BCUT2D eigenvalue weighted by Crippen LogP contribution is 2.51. The standard InChI is InChI=1S/C9H18.C8H16O.C8H16.3C7H14.C6H12/c1-8(2)9-6-4-3-5-7-9;1-4-9-8-5-7(8)6(2)3;1-7(2)8-5-3-4-6-8;1-6(2)7(3)4-5-7;1-5(2)7-4-6(7)3;1-6(2)7-4-3-5-7;1-5(2)6-3-4-6/h8-9H,3-7H2,1-2H3;6-8H,4-5H2,1-3H3;7-8H,3-6H2,1-2H3;6H,4-5H2,1-3H3;5-7H,4H2,1-3H3;6-7H,3-5H2,1-2H3;5-6H,3-4H2,1-2H3. The van der Waals surface area contributed by atoms with Crippen LogP contribution in [0.3, 0.4) is 0 Å². The van der Waals surface area contributed by atoms with E-state index < -0.39 is 0 Å². The second-order valence-corrected chi connectivity index (χ2v) is 22.0. The van der Waals surface area contributed by atoms with Crippen LogP contribution in [0.25, 0.3) is 0 Å². The van der Waals surface area contributed by atoms with Gasteiger partial charge in [-0.05, 0) is 134 Å². The third-order valence-corrected chi connectivity index (χ3v) is 15.1. The molecule has 0 bridgehead atoms. The molecule has 0 aromatic carbocycles. The first kappa shape index (κ1) is 51.0. The van der Waals surface area contributed by atoms with Crippen LogP contribution in [0.5, 0.6) is 0 Å². The van der Waals surface area contributed by atoms with Crippen LogP contribution in [0.15, 0.2) is 0 Å². The maximum atomic E-state index is 5.43. The van der Waals surface area contributed by atoms with Crippen molar-refractivity contribution in [2.24, 2.45) is 88.3 Å². The van der Waals surface area contributed by atoms with Gasteiger partial charge in [-0.15, -0.1) is 0 Å². The van der Waals surface area contributed by atoms with E-state index in [1.54, 1.807) is 0 Å². The lowest BCUT2D eigenvalue weighted by atomic mass is 9.78. The molecule has 53 heavy (non-hydrogen) atoms. The molecule has 0 N–H and O–H groups in total. The zero-order valence-electron chi connectivity index (χ0n) is 40.0. The van der Waals surface area contributed by atoms with Crippen molar-refractivity contribution in [2.75, 3.05) is 6.61 Å². The fourth-order valence-corrected chi connectivity index (χ4v) is 8.65. The lowest BCUT2D eigenvalue weighted by molar-refractivity contribution is 0.115. The summed E-state index contributed by atoms with van der Waals surface area (Å²) in [5, 5.41) is 0. The minimum absolute atomic E-state index is 0.606. The Bertz CT molecular complexity index is 832. The number of hydrogen-bond acceptors (Lipinski definition) is 1. The third kappa shape index (κ3) is 23.7. The van der Waals surface area contributed by atoms with Gasteiger partial charge in [0.15, 0.2) is 0 Å². The molecule has 0 saturated heterocycles. The Kier molecular flexibility index (Phi) is 25.8. The Labute approximate surface area is 337 Å². The maximum absolute atomic E-state index is 5.43. The van der Waals surface area contributed by atoms with Crippen LogP contribution in [-0.4, -0.2) is 12.7 Å². The zero-order valence-corrected chi connectivity index (χ0v) is 40.0. The van der Waals surface area contributed by atoms with E-state index in [0.29, 0.717) is 6.10 Å². The van der Waals surface area contributed by atoms with E-state index in [2.05, 4.69) is 118 Å². The van der Waals surface area contributed by atoms with Gasteiger partial charge >= 0.3 is 0 Å². The van der Waals surface area contributed by atoms with Crippen LogP contribution in [0.1, 0.15) is 233 Å². The molecule has 7 fully saturated rings. The van der Waals surface area contributed by atoms with E-state index in [0.717, 1.165) is 94.9 Å². The van der Waals surface area contributed by atoms with Crippen molar-refractivity contribution in [3.05, 3.63) is 0 Å². The molecule has 4 unspecified atom stereocenters. The number of rotatable bonds is 9. The Hall–Kier alpha value is -0.0400. The minimum atomic E-state index is 0.606. The maximum Gasteiger partial charge on any atom is 0.0610 e. The van der Waals surface area contributed by atoms with Crippen LogP contribution in [-0.2, 0) is 4.74 Å². The van der Waals surface area contributed by atoms with Crippen molar-refractivity contribution in [1.29, 1.82) is 0 Å². The average Bonchev–Trinajstić information content (AvgIpc) is 3.88. The van der Waals surface area contributed by atoms with Crippen LogP contribution in [0, 0.1) is 88.3 Å². The Balaban J connectivity index is 0.000000310. The molecule has 0 heterocycles. The molecule has 0 aromatic rings. The van der Waals surface area contributed by atoms with Gasteiger partial charge in [0, 0.05) is 6.61 Å². The van der Waals surface area contributed by atoms with Gasteiger partial charge in [-0.2, -0.15) is 0 Å². The Morgan fingerprint density at radius 2 is 0.792 bits per heavy atom. The van der Waals surface area contributed by atoms with Crippen molar-refractivity contribution >= 4 is 0 Å². The third-order valence-electron chi connectivity index (χ3n) is 15.1. The fourth-order valence-electron chi connectivity index (χ4n) is 8.65. The summed E-state index contributed by atoms with van der Waals surface area (Å²) in [5.74, 6) is 13.7. The van der Waals surface area contributed by atoms with Crippen molar-refractivity contribution in [3.8, 4) is 0 Å². The SMILES string of the molecule is CC(C)C1(C)CC1.CC(C)C1CC1.CC(C)C1CC1C.CC(C)C1CCC1.CC(C)C1CCCC1.CC(C)C1CCCCC1.CCOC1CC1C(C)C. The molecule has 318 valence electrons. The van der Waals surface area contributed by atoms with E-state index in [9.17, 15) is 0 Å². The normalized spacial score (nSPS) is 27.2. The molecule has 0 amide bonds. The van der Waals surface area contributed by atoms with Gasteiger partial charge < -0.3 is 4.74 Å². The molecular weight excluding hydrogens is 641 g/mol. The summed E-state index contributed by atoms with van der Waals surface area (Å²) in [4.78, 5) is 0. The largest absolute Gasteiger partial charge is 0.378 e. The first-order valence-corrected chi connectivity index (χ1v) is 24.5. The number of hydrogen-bond donors (Lipinski definition) is 0. The Morgan fingerprint density at radius 1 is 0.453 bits per heavy atom. The molecule has 7 saturated carbocycles. The van der Waals surface area contributed by atoms with Gasteiger partial charge in [0.25, 0.3) is 0 Å². The summed E-state index contributed by atoms with van der Waals surface area (Å²) >= 11 is 0. The van der Waals surface area contributed by atoms with Gasteiger partial charge in [0.2, 0.25) is 0 Å². The van der Waals surface area contributed by atoms with Gasteiger partial charge in [-0.1, -0.05) is 188 Å². The molecule has 1 nitrogen and oxygen atoms in total. The van der Waals surface area contributed by atoms with Crippen molar-refractivity contribution in [3.63, 3.8) is 0 Å². The molecule has 7 aliphatic carbocycles. The predicted octanol–water partition coefficient (Wildman–Crippen LogP) is 17.4. The quantitative estimate of drug-likeness (QED) is 0.228. The Morgan fingerprint density at radius 3 is 0.925 bits per heavy atom. The van der Waals surface area contributed by atoms with Crippen LogP contribution in [0.4, 0.5) is 0 Å².